The van der Waals surface area contributed by atoms with Crippen molar-refractivity contribution in [2.45, 2.75) is 52.2 Å². The van der Waals surface area contributed by atoms with Crippen LogP contribution in [-0.2, 0) is 5.67 Å². The van der Waals surface area contributed by atoms with Crippen LogP contribution in [-0.4, -0.2) is 47.9 Å². The number of likely N-dealkylation sites (tertiary alicyclic amines) is 1. The van der Waals surface area contributed by atoms with E-state index >= 15 is 4.39 Å². The van der Waals surface area contributed by atoms with E-state index in [4.69, 9.17) is 0 Å². The zero-order valence-corrected chi connectivity index (χ0v) is 23.1. The van der Waals surface area contributed by atoms with E-state index in [2.05, 4.69) is 26.5 Å². The molecule has 2 heterocycles. The Morgan fingerprint density at radius 1 is 1.05 bits per heavy atom. The van der Waals surface area contributed by atoms with Crippen molar-refractivity contribution in [2.75, 3.05) is 30.8 Å². The summed E-state index contributed by atoms with van der Waals surface area (Å²) in [4.78, 5) is 36.3. The van der Waals surface area contributed by atoms with E-state index in [9.17, 15) is 9.59 Å². The van der Waals surface area contributed by atoms with Gasteiger partial charge in [-0.3, -0.25) is 9.59 Å². The van der Waals surface area contributed by atoms with Crippen molar-refractivity contribution in [3.05, 3.63) is 93.0 Å². The van der Waals surface area contributed by atoms with Gasteiger partial charge in [0.15, 0.2) is 0 Å². The van der Waals surface area contributed by atoms with E-state index in [1.165, 1.54) is 6.20 Å². The van der Waals surface area contributed by atoms with E-state index in [0.29, 0.717) is 41.3 Å². The van der Waals surface area contributed by atoms with Crippen LogP contribution in [0.1, 0.15) is 69.7 Å². The number of anilines is 2. The topological polar surface area (TPSA) is 78.7 Å². The molecule has 0 spiro atoms. The highest BCUT2D eigenvalue weighted by molar-refractivity contribution is 6.05. The fourth-order valence-corrected chi connectivity index (χ4v) is 4.82. The van der Waals surface area contributed by atoms with Gasteiger partial charge in [0, 0.05) is 49.4 Å². The molecule has 2 amide bonds. The summed E-state index contributed by atoms with van der Waals surface area (Å²) < 4.78 is 15.8. The molecule has 7 nitrogen and oxygen atoms in total. The standard InChI is InChI=1S/C31H34FN5O2/c1-20(2)35-28-11-8-24(19-34-28)29(38)36-27-17-26(21(3)16-22(27)4)30(39)37-14-12-31(32,13-15-37)25-9-6-23(7-10-25)18-33-5/h6-11,16-17,19-20H,12-15H2,1-5H3,(H-,34,35,36,38)/p+1. The van der Waals surface area contributed by atoms with E-state index in [1.54, 1.807) is 54.4 Å². The van der Waals surface area contributed by atoms with E-state index < -0.39 is 5.67 Å². The molecule has 0 saturated carbocycles. The molecule has 8 heteroatoms. The average Bonchev–Trinajstić information content (AvgIpc) is 2.91. The zero-order chi connectivity index (χ0) is 28.2. The summed E-state index contributed by atoms with van der Waals surface area (Å²) in [6, 6.07) is 17.3. The monoisotopic (exact) mass is 528 g/mol. The maximum absolute atomic E-state index is 15.8. The molecule has 1 aliphatic heterocycles. The first-order chi connectivity index (χ1) is 18.6. The molecule has 0 bridgehead atoms. The average molecular weight is 529 g/mol. The smallest absolute Gasteiger partial charge is 0.310 e. The molecule has 0 unspecified atom stereocenters. The Kier molecular flexibility index (Phi) is 8.29. The molecule has 2 N–H and O–H groups in total. The molecule has 1 saturated heterocycles. The highest BCUT2D eigenvalue weighted by atomic mass is 19.1. The number of alkyl halides is 1. The number of aromatic nitrogens is 1. The molecule has 0 aliphatic carbocycles. The quantitative estimate of drug-likeness (QED) is 0.400. The van der Waals surface area contributed by atoms with E-state index in [0.717, 1.165) is 16.7 Å². The minimum absolute atomic E-state index is 0.167. The summed E-state index contributed by atoms with van der Waals surface area (Å²) in [5, 5.41) is 6.11. The Morgan fingerprint density at radius 2 is 1.74 bits per heavy atom. The van der Waals surface area contributed by atoms with Crippen molar-refractivity contribution in [1.29, 1.82) is 0 Å². The van der Waals surface area contributed by atoms with E-state index in [-0.39, 0.29) is 30.7 Å². The molecular weight excluding hydrogens is 493 g/mol. The molecular formula is C31H35FN5O2+. The second-order valence-electron chi connectivity index (χ2n) is 10.3. The van der Waals surface area contributed by atoms with Crippen molar-refractivity contribution >= 4 is 23.3 Å². The molecule has 2 aromatic carbocycles. The second kappa shape index (κ2) is 11.6. The summed E-state index contributed by atoms with van der Waals surface area (Å²) in [6.45, 7) is 8.39. The number of halogens is 1. The van der Waals surface area contributed by atoms with Crippen molar-refractivity contribution in [1.82, 2.24) is 9.88 Å². The number of hydrogen-bond donors (Lipinski definition) is 2. The molecule has 202 valence electrons. The second-order valence-corrected chi connectivity index (χ2v) is 10.3. The number of carbonyl (C=O) groups is 2. The fraction of sp³-hybridized carbons (Fsp3) is 0.355. The number of benzene rings is 2. The van der Waals surface area contributed by atoms with Gasteiger partial charge in [-0.05, 0) is 74.7 Å². The van der Waals surface area contributed by atoms with Crippen LogP contribution in [0.2, 0.25) is 0 Å². The first-order valence-electron chi connectivity index (χ1n) is 13.2. The molecule has 39 heavy (non-hydrogen) atoms. The lowest BCUT2D eigenvalue weighted by atomic mass is 9.85. The van der Waals surface area contributed by atoms with Crippen LogP contribution < -0.4 is 10.6 Å². The lowest BCUT2D eigenvalue weighted by Gasteiger charge is -2.37. The van der Waals surface area contributed by atoms with Gasteiger partial charge >= 0.3 is 6.07 Å². The number of aryl methyl sites for hydroxylation is 2. The number of carbonyl (C=O) groups excluding carboxylic acids is 2. The largest absolute Gasteiger partial charge is 0.368 e. The van der Waals surface area contributed by atoms with Gasteiger partial charge in [-0.25, -0.2) is 9.37 Å². The molecule has 1 fully saturated rings. The Hall–Kier alpha value is -4.25. The Bertz CT molecular complexity index is 1410. The van der Waals surface area contributed by atoms with Gasteiger partial charge < -0.3 is 15.5 Å². The third kappa shape index (κ3) is 6.43. The van der Waals surface area contributed by atoms with Crippen LogP contribution >= 0.6 is 0 Å². The lowest BCUT2D eigenvalue weighted by Crippen LogP contribution is -2.43. The summed E-state index contributed by atoms with van der Waals surface area (Å²) >= 11 is 0. The van der Waals surface area contributed by atoms with Crippen LogP contribution in [0.4, 0.5) is 15.9 Å². The fourth-order valence-electron chi connectivity index (χ4n) is 4.82. The minimum Gasteiger partial charge on any atom is -0.368 e. The Morgan fingerprint density at radius 3 is 2.33 bits per heavy atom. The predicted molar refractivity (Wildman–Crippen MR) is 154 cm³/mol. The van der Waals surface area contributed by atoms with Gasteiger partial charge in [-0.2, -0.15) is 0 Å². The van der Waals surface area contributed by atoms with Crippen molar-refractivity contribution < 1.29 is 14.0 Å². The number of hydrogen-bond acceptors (Lipinski definition) is 4. The number of pyridine rings is 1. The summed E-state index contributed by atoms with van der Waals surface area (Å²) in [7, 11) is 1.64. The molecule has 1 aromatic heterocycles. The van der Waals surface area contributed by atoms with Gasteiger partial charge in [0.1, 0.15) is 17.1 Å². The summed E-state index contributed by atoms with van der Waals surface area (Å²) in [5.74, 6) is 0.221. The van der Waals surface area contributed by atoms with Gasteiger partial charge in [0.2, 0.25) is 0 Å². The van der Waals surface area contributed by atoms with Crippen LogP contribution in [0.15, 0.2) is 54.7 Å². The molecule has 1 aliphatic rings. The van der Waals surface area contributed by atoms with Crippen molar-refractivity contribution in [2.24, 2.45) is 0 Å². The first-order valence-corrected chi connectivity index (χ1v) is 13.2. The first kappa shape index (κ1) is 27.8. The highest BCUT2D eigenvalue weighted by Gasteiger charge is 2.38. The van der Waals surface area contributed by atoms with Gasteiger partial charge in [0.25, 0.3) is 18.9 Å². The lowest BCUT2D eigenvalue weighted by molar-refractivity contribution is 0.0421. The SMILES string of the molecule is C[N+]#Cc1ccc(C2(F)CCN(C(=O)c3cc(NC(=O)c4ccc(NC(C)C)nc4)c(C)cc3C)CC2)cc1. The predicted octanol–water partition coefficient (Wildman–Crippen LogP) is 6.18. The molecule has 0 atom stereocenters. The van der Waals surface area contributed by atoms with Gasteiger partial charge in [-0.15, -0.1) is 0 Å². The Balaban J connectivity index is 1.45. The van der Waals surface area contributed by atoms with Crippen LogP contribution in [0, 0.1) is 19.9 Å². The third-order valence-corrected chi connectivity index (χ3v) is 7.00. The molecule has 4 rings (SSSR count). The zero-order valence-electron chi connectivity index (χ0n) is 23.1. The molecule has 3 aromatic rings. The Labute approximate surface area is 229 Å². The molecule has 0 radical (unpaired) electrons. The highest BCUT2D eigenvalue weighted by Crippen LogP contribution is 2.37. The van der Waals surface area contributed by atoms with E-state index in [1.807, 2.05) is 33.8 Å². The number of rotatable bonds is 6. The summed E-state index contributed by atoms with van der Waals surface area (Å²) in [6.07, 6.45) is 1.95. The van der Waals surface area contributed by atoms with Crippen LogP contribution in [0.5, 0.6) is 0 Å². The van der Waals surface area contributed by atoms with Gasteiger partial charge in [0.05, 0.1) is 5.56 Å². The van der Waals surface area contributed by atoms with Crippen molar-refractivity contribution in [3.63, 3.8) is 0 Å². The van der Waals surface area contributed by atoms with Gasteiger partial charge in [-0.1, -0.05) is 23.0 Å². The minimum atomic E-state index is -1.49. The third-order valence-electron chi connectivity index (χ3n) is 7.00. The number of nitrogens with zero attached hydrogens (tertiary/aromatic N) is 3. The van der Waals surface area contributed by atoms with Crippen LogP contribution in [0.25, 0.3) is 4.85 Å². The maximum Gasteiger partial charge on any atom is 0.310 e. The number of nitrogens with one attached hydrogen (secondary N) is 2. The van der Waals surface area contributed by atoms with Crippen molar-refractivity contribution in [3.8, 4) is 6.07 Å². The summed E-state index contributed by atoms with van der Waals surface area (Å²) in [5.41, 5.74) is 3.04. The number of amides is 2. The van der Waals surface area contributed by atoms with Crippen LogP contribution in [0.3, 0.4) is 0 Å². The number of piperidine rings is 1. The maximum atomic E-state index is 15.8. The normalized spacial score (nSPS) is 14.4.